The lowest BCUT2D eigenvalue weighted by molar-refractivity contribution is 0.343. The fraction of sp³-hybridized carbons (Fsp3) is 0.455. The average Bonchev–Trinajstić information content (AvgIpc) is 2.13. The first-order valence-electron chi connectivity index (χ1n) is 4.96. The summed E-state index contributed by atoms with van der Waals surface area (Å²) in [6.45, 7) is 0.539. The summed E-state index contributed by atoms with van der Waals surface area (Å²) in [4.78, 5) is 0. The molecule has 0 radical (unpaired) electrons. The lowest BCUT2D eigenvalue weighted by atomic mass is 9.92. The van der Waals surface area contributed by atoms with Crippen LogP contribution in [0.2, 0.25) is 5.02 Å². The number of rotatable bonds is 3. The standard InChI is InChI=1S/C11H12Cl2FN/c12-8-2-1-7(11(14)5-8)6-15-10-3-9(13)4-10/h1-2,5,9-10,15H,3-4,6H2. The molecule has 1 aliphatic carbocycles. The van der Waals surface area contributed by atoms with Crippen LogP contribution < -0.4 is 5.32 Å². The fourth-order valence-electron chi connectivity index (χ4n) is 1.63. The number of hydrogen-bond donors (Lipinski definition) is 1. The van der Waals surface area contributed by atoms with Gasteiger partial charge < -0.3 is 5.32 Å². The van der Waals surface area contributed by atoms with Gasteiger partial charge in [0, 0.05) is 28.5 Å². The minimum atomic E-state index is -0.253. The van der Waals surface area contributed by atoms with Crippen LogP contribution in [0.1, 0.15) is 18.4 Å². The molecule has 0 aliphatic heterocycles. The summed E-state index contributed by atoms with van der Waals surface area (Å²) in [7, 11) is 0. The summed E-state index contributed by atoms with van der Waals surface area (Å²) < 4.78 is 13.3. The maximum absolute atomic E-state index is 13.3. The molecular weight excluding hydrogens is 236 g/mol. The van der Waals surface area contributed by atoms with E-state index < -0.39 is 0 Å². The summed E-state index contributed by atoms with van der Waals surface area (Å²) >= 11 is 11.5. The zero-order valence-corrected chi connectivity index (χ0v) is 9.65. The summed E-state index contributed by atoms with van der Waals surface area (Å²) in [6, 6.07) is 5.18. The van der Waals surface area contributed by atoms with E-state index in [1.165, 1.54) is 6.07 Å². The van der Waals surface area contributed by atoms with Gasteiger partial charge in [0.15, 0.2) is 0 Å². The average molecular weight is 248 g/mol. The van der Waals surface area contributed by atoms with Crippen molar-refractivity contribution < 1.29 is 4.39 Å². The molecule has 0 saturated heterocycles. The van der Waals surface area contributed by atoms with Crippen LogP contribution in [0.5, 0.6) is 0 Å². The predicted octanol–water partition coefficient (Wildman–Crippen LogP) is 3.34. The van der Waals surface area contributed by atoms with Gasteiger partial charge in [-0.25, -0.2) is 4.39 Å². The van der Waals surface area contributed by atoms with Crippen molar-refractivity contribution in [2.24, 2.45) is 0 Å². The van der Waals surface area contributed by atoms with Gasteiger partial charge in [-0.15, -0.1) is 11.6 Å². The van der Waals surface area contributed by atoms with E-state index in [4.69, 9.17) is 23.2 Å². The van der Waals surface area contributed by atoms with Gasteiger partial charge in [-0.1, -0.05) is 17.7 Å². The van der Waals surface area contributed by atoms with Gasteiger partial charge >= 0.3 is 0 Å². The summed E-state index contributed by atoms with van der Waals surface area (Å²) in [5.41, 5.74) is 0.650. The minimum Gasteiger partial charge on any atom is -0.310 e. The van der Waals surface area contributed by atoms with E-state index in [9.17, 15) is 4.39 Å². The van der Waals surface area contributed by atoms with E-state index in [0.29, 0.717) is 23.2 Å². The van der Waals surface area contributed by atoms with Crippen LogP contribution in [0, 0.1) is 5.82 Å². The van der Waals surface area contributed by atoms with Crippen molar-refractivity contribution in [3.05, 3.63) is 34.6 Å². The van der Waals surface area contributed by atoms with E-state index in [0.717, 1.165) is 12.8 Å². The third-order valence-electron chi connectivity index (χ3n) is 2.68. The molecule has 1 fully saturated rings. The molecule has 1 N–H and O–H groups in total. The van der Waals surface area contributed by atoms with Crippen molar-refractivity contribution in [2.75, 3.05) is 0 Å². The Bertz CT molecular complexity index is 350. The Kier molecular flexibility index (Phi) is 3.49. The lowest BCUT2D eigenvalue weighted by Gasteiger charge is -2.31. The molecule has 0 heterocycles. The van der Waals surface area contributed by atoms with E-state index >= 15 is 0 Å². The van der Waals surface area contributed by atoms with Gasteiger partial charge in [0.05, 0.1) is 0 Å². The first-order chi connectivity index (χ1) is 7.15. The largest absolute Gasteiger partial charge is 0.310 e. The van der Waals surface area contributed by atoms with Crippen molar-refractivity contribution in [2.45, 2.75) is 30.8 Å². The molecule has 0 aromatic heterocycles. The highest BCUT2D eigenvalue weighted by molar-refractivity contribution is 6.30. The second kappa shape index (κ2) is 4.69. The van der Waals surface area contributed by atoms with Crippen molar-refractivity contribution in [3.8, 4) is 0 Å². The third kappa shape index (κ3) is 2.83. The Morgan fingerprint density at radius 3 is 2.73 bits per heavy atom. The van der Waals surface area contributed by atoms with Crippen LogP contribution >= 0.6 is 23.2 Å². The molecule has 4 heteroatoms. The molecular formula is C11H12Cl2FN. The predicted molar refractivity (Wildman–Crippen MR) is 60.9 cm³/mol. The van der Waals surface area contributed by atoms with Gasteiger partial charge in [-0.05, 0) is 25.0 Å². The Balaban J connectivity index is 1.88. The molecule has 2 rings (SSSR count). The Morgan fingerprint density at radius 1 is 1.40 bits per heavy atom. The Labute approximate surface area is 98.6 Å². The molecule has 1 saturated carbocycles. The smallest absolute Gasteiger partial charge is 0.129 e. The highest BCUT2D eigenvalue weighted by atomic mass is 35.5. The van der Waals surface area contributed by atoms with Gasteiger partial charge in [-0.2, -0.15) is 0 Å². The second-order valence-corrected chi connectivity index (χ2v) is 4.94. The SMILES string of the molecule is Fc1cc(Cl)ccc1CNC1CC(Cl)C1. The van der Waals surface area contributed by atoms with Crippen LogP contribution in [0.4, 0.5) is 4.39 Å². The van der Waals surface area contributed by atoms with Gasteiger partial charge in [0.1, 0.15) is 5.82 Å². The van der Waals surface area contributed by atoms with Crippen LogP contribution in [-0.2, 0) is 6.54 Å². The molecule has 0 amide bonds. The summed E-state index contributed by atoms with van der Waals surface area (Å²) in [6.07, 6.45) is 1.94. The molecule has 0 unspecified atom stereocenters. The number of nitrogens with one attached hydrogen (secondary N) is 1. The molecule has 0 spiro atoms. The normalized spacial score (nSPS) is 25.0. The third-order valence-corrected chi connectivity index (χ3v) is 3.27. The molecule has 1 aromatic carbocycles. The maximum atomic E-state index is 13.3. The number of alkyl halides is 1. The second-order valence-electron chi connectivity index (χ2n) is 3.88. The molecule has 15 heavy (non-hydrogen) atoms. The van der Waals surface area contributed by atoms with Crippen molar-refractivity contribution in [3.63, 3.8) is 0 Å². The number of benzene rings is 1. The molecule has 0 atom stereocenters. The highest BCUT2D eigenvalue weighted by Crippen LogP contribution is 2.25. The van der Waals surface area contributed by atoms with Gasteiger partial charge in [-0.3, -0.25) is 0 Å². The summed E-state index contributed by atoms with van der Waals surface area (Å²) in [5.74, 6) is -0.253. The number of hydrogen-bond acceptors (Lipinski definition) is 1. The fourth-order valence-corrected chi connectivity index (χ4v) is 2.22. The van der Waals surface area contributed by atoms with E-state index in [-0.39, 0.29) is 11.2 Å². The Morgan fingerprint density at radius 2 is 2.13 bits per heavy atom. The van der Waals surface area contributed by atoms with E-state index in [2.05, 4.69) is 5.32 Å². The zero-order valence-electron chi connectivity index (χ0n) is 8.14. The van der Waals surface area contributed by atoms with Crippen molar-refractivity contribution in [1.82, 2.24) is 5.32 Å². The van der Waals surface area contributed by atoms with Crippen molar-refractivity contribution >= 4 is 23.2 Å². The maximum Gasteiger partial charge on any atom is 0.129 e. The first-order valence-corrected chi connectivity index (χ1v) is 5.78. The van der Waals surface area contributed by atoms with Crippen molar-refractivity contribution in [1.29, 1.82) is 0 Å². The molecule has 1 aromatic rings. The lowest BCUT2D eigenvalue weighted by Crippen LogP contribution is -2.41. The van der Waals surface area contributed by atoms with Gasteiger partial charge in [0.25, 0.3) is 0 Å². The quantitative estimate of drug-likeness (QED) is 0.809. The minimum absolute atomic E-state index is 0.253. The summed E-state index contributed by atoms with van der Waals surface area (Å²) in [5, 5.41) is 3.98. The zero-order chi connectivity index (χ0) is 10.8. The Hall–Kier alpha value is -0.310. The topological polar surface area (TPSA) is 12.0 Å². The van der Waals surface area contributed by atoms with Crippen LogP contribution in [-0.4, -0.2) is 11.4 Å². The highest BCUT2D eigenvalue weighted by Gasteiger charge is 2.26. The first kappa shape index (κ1) is 11.2. The monoisotopic (exact) mass is 247 g/mol. The van der Waals surface area contributed by atoms with E-state index in [1.54, 1.807) is 12.1 Å². The van der Waals surface area contributed by atoms with Crippen LogP contribution in [0.15, 0.2) is 18.2 Å². The molecule has 0 bridgehead atoms. The molecule has 82 valence electrons. The van der Waals surface area contributed by atoms with Gasteiger partial charge in [0.2, 0.25) is 0 Å². The van der Waals surface area contributed by atoms with E-state index in [1.807, 2.05) is 0 Å². The van der Waals surface area contributed by atoms with Crippen LogP contribution in [0.3, 0.4) is 0 Å². The van der Waals surface area contributed by atoms with Crippen LogP contribution in [0.25, 0.3) is 0 Å². The number of halogens is 3. The molecule has 1 nitrogen and oxygen atoms in total. The molecule has 1 aliphatic rings.